The van der Waals surface area contributed by atoms with Gasteiger partial charge >= 0.3 is 0 Å². The zero-order valence-electron chi connectivity index (χ0n) is 12.7. The summed E-state index contributed by atoms with van der Waals surface area (Å²) in [6.07, 6.45) is 1.02. The van der Waals surface area contributed by atoms with Crippen molar-refractivity contribution in [3.63, 3.8) is 0 Å². The number of nitrogens with one attached hydrogen (secondary N) is 2. The fourth-order valence-electron chi connectivity index (χ4n) is 2.35. The molecule has 114 valence electrons. The standard InChI is InChI=1S/C18H17N5/c19-11-6-12-20-23-17(14-7-2-1-3-8-14)13-18-21-15-9-4-5-10-16(15)22-18/h1-5,7-10,20H,6,12-13H2,(H,21,22)/b23-17+. The first kappa shape index (κ1) is 14.8. The number of hydrogen-bond donors (Lipinski definition) is 2. The van der Waals surface area contributed by atoms with Gasteiger partial charge in [0.2, 0.25) is 0 Å². The second-order valence-corrected chi connectivity index (χ2v) is 5.12. The van der Waals surface area contributed by atoms with E-state index in [1.54, 1.807) is 0 Å². The molecular weight excluding hydrogens is 286 g/mol. The van der Waals surface area contributed by atoms with Gasteiger partial charge in [-0.15, -0.1) is 0 Å². The molecule has 0 fully saturated rings. The van der Waals surface area contributed by atoms with Crippen molar-refractivity contribution in [2.24, 2.45) is 5.10 Å². The van der Waals surface area contributed by atoms with E-state index in [0.29, 0.717) is 19.4 Å². The Labute approximate surface area is 134 Å². The highest BCUT2D eigenvalue weighted by molar-refractivity contribution is 6.01. The highest BCUT2D eigenvalue weighted by Gasteiger charge is 2.09. The Kier molecular flexibility index (Phi) is 4.65. The average molecular weight is 303 g/mol. The summed E-state index contributed by atoms with van der Waals surface area (Å²) in [6, 6.07) is 20.0. The molecule has 0 amide bonds. The first-order valence-electron chi connectivity index (χ1n) is 7.52. The van der Waals surface area contributed by atoms with Gasteiger partial charge in [0.1, 0.15) is 5.82 Å². The number of benzene rings is 2. The Morgan fingerprint density at radius 3 is 2.70 bits per heavy atom. The molecule has 3 aromatic rings. The number of aromatic amines is 1. The van der Waals surface area contributed by atoms with E-state index < -0.39 is 0 Å². The predicted octanol–water partition coefficient (Wildman–Crippen LogP) is 3.01. The first-order chi connectivity index (χ1) is 11.4. The van der Waals surface area contributed by atoms with Crippen LogP contribution in [-0.4, -0.2) is 22.2 Å². The molecule has 0 aliphatic carbocycles. The maximum absolute atomic E-state index is 8.61. The topological polar surface area (TPSA) is 76.9 Å². The minimum absolute atomic E-state index is 0.427. The molecule has 2 aromatic carbocycles. The normalized spacial score (nSPS) is 11.3. The second kappa shape index (κ2) is 7.23. The molecule has 3 rings (SSSR count). The summed E-state index contributed by atoms with van der Waals surface area (Å²) in [5, 5.41) is 13.1. The molecule has 23 heavy (non-hydrogen) atoms. The Balaban J connectivity index is 1.84. The van der Waals surface area contributed by atoms with Gasteiger partial charge in [0.25, 0.3) is 0 Å². The maximum Gasteiger partial charge on any atom is 0.113 e. The third-order valence-corrected chi connectivity index (χ3v) is 3.44. The summed E-state index contributed by atoms with van der Waals surface area (Å²) in [5.41, 5.74) is 6.87. The molecule has 1 aromatic heterocycles. The monoisotopic (exact) mass is 303 g/mol. The van der Waals surface area contributed by atoms with Gasteiger partial charge in [-0.3, -0.25) is 0 Å². The summed E-state index contributed by atoms with van der Waals surface area (Å²) in [7, 11) is 0. The molecule has 0 aliphatic rings. The predicted molar refractivity (Wildman–Crippen MR) is 91.0 cm³/mol. The van der Waals surface area contributed by atoms with E-state index in [4.69, 9.17) is 5.26 Å². The lowest BCUT2D eigenvalue weighted by Crippen LogP contribution is -2.15. The first-order valence-corrected chi connectivity index (χ1v) is 7.52. The van der Waals surface area contributed by atoms with E-state index in [9.17, 15) is 0 Å². The largest absolute Gasteiger partial charge is 0.342 e. The third-order valence-electron chi connectivity index (χ3n) is 3.44. The maximum atomic E-state index is 8.61. The minimum Gasteiger partial charge on any atom is -0.342 e. The number of nitrogens with zero attached hydrogens (tertiary/aromatic N) is 3. The summed E-state index contributed by atoms with van der Waals surface area (Å²) >= 11 is 0. The van der Waals surface area contributed by atoms with Gasteiger partial charge in [-0.2, -0.15) is 10.4 Å². The van der Waals surface area contributed by atoms with Crippen molar-refractivity contribution in [2.75, 3.05) is 6.54 Å². The molecule has 0 saturated heterocycles. The molecule has 0 spiro atoms. The zero-order chi connectivity index (χ0) is 15.9. The third kappa shape index (κ3) is 3.74. The van der Waals surface area contributed by atoms with Crippen LogP contribution in [0, 0.1) is 11.3 Å². The van der Waals surface area contributed by atoms with E-state index in [1.165, 1.54) is 0 Å². The van der Waals surface area contributed by atoms with E-state index in [0.717, 1.165) is 28.1 Å². The summed E-state index contributed by atoms with van der Waals surface area (Å²) < 4.78 is 0. The smallest absolute Gasteiger partial charge is 0.113 e. The number of H-pyrrole nitrogens is 1. The molecule has 0 atom stereocenters. The number of para-hydroxylation sites is 2. The molecule has 5 nitrogen and oxygen atoms in total. The molecule has 5 heteroatoms. The number of fused-ring (bicyclic) bond motifs is 1. The molecule has 1 heterocycles. The fourth-order valence-corrected chi connectivity index (χ4v) is 2.35. The molecule has 0 unspecified atom stereocenters. The van der Waals surface area contributed by atoms with Crippen LogP contribution in [0.4, 0.5) is 0 Å². The molecule has 2 N–H and O–H groups in total. The van der Waals surface area contributed by atoms with Gasteiger partial charge in [-0.1, -0.05) is 42.5 Å². The number of hydrogen-bond acceptors (Lipinski definition) is 4. The van der Waals surface area contributed by atoms with Crippen LogP contribution in [0.1, 0.15) is 17.8 Å². The Hall–Kier alpha value is -3.13. The Morgan fingerprint density at radius 2 is 1.91 bits per heavy atom. The number of rotatable bonds is 6. The summed E-state index contributed by atoms with van der Waals surface area (Å²) in [5.74, 6) is 0.871. The van der Waals surface area contributed by atoms with Crippen LogP contribution >= 0.6 is 0 Å². The van der Waals surface area contributed by atoms with Gasteiger partial charge in [-0.25, -0.2) is 4.98 Å². The number of aromatic nitrogens is 2. The van der Waals surface area contributed by atoms with Crippen LogP contribution < -0.4 is 5.43 Å². The van der Waals surface area contributed by atoms with Crippen LogP contribution in [0.2, 0.25) is 0 Å². The van der Waals surface area contributed by atoms with Gasteiger partial charge in [-0.05, 0) is 17.7 Å². The number of hydrazone groups is 1. The van der Waals surface area contributed by atoms with E-state index >= 15 is 0 Å². The van der Waals surface area contributed by atoms with Gasteiger partial charge in [0.15, 0.2) is 0 Å². The van der Waals surface area contributed by atoms with Gasteiger partial charge in [0.05, 0.1) is 35.7 Å². The van der Waals surface area contributed by atoms with Crippen LogP contribution in [-0.2, 0) is 6.42 Å². The zero-order valence-corrected chi connectivity index (χ0v) is 12.7. The quantitative estimate of drug-likeness (QED) is 0.417. The lowest BCUT2D eigenvalue weighted by molar-refractivity contribution is 0.744. The molecular formula is C18H17N5. The average Bonchev–Trinajstić information content (AvgIpc) is 3.01. The highest BCUT2D eigenvalue weighted by Crippen LogP contribution is 2.12. The van der Waals surface area contributed by atoms with Crippen LogP contribution in [0.15, 0.2) is 59.7 Å². The van der Waals surface area contributed by atoms with Gasteiger partial charge < -0.3 is 10.4 Å². The minimum atomic E-state index is 0.427. The van der Waals surface area contributed by atoms with Crippen molar-refractivity contribution >= 4 is 16.7 Å². The SMILES string of the molecule is N#CCCN/N=C(\Cc1nc2ccccc2[nH]1)c1ccccc1. The number of imidazole rings is 1. The number of nitriles is 1. The van der Waals surface area contributed by atoms with E-state index in [-0.39, 0.29) is 0 Å². The highest BCUT2D eigenvalue weighted by atomic mass is 15.3. The van der Waals surface area contributed by atoms with Crippen LogP contribution in [0.25, 0.3) is 11.0 Å². The van der Waals surface area contributed by atoms with Crippen molar-refractivity contribution in [3.8, 4) is 6.07 Å². The lowest BCUT2D eigenvalue weighted by Gasteiger charge is -2.06. The summed E-state index contributed by atoms with van der Waals surface area (Å²) in [6.45, 7) is 0.535. The van der Waals surface area contributed by atoms with E-state index in [2.05, 4.69) is 26.6 Å². The van der Waals surface area contributed by atoms with Gasteiger partial charge in [0, 0.05) is 6.54 Å². The fraction of sp³-hybridized carbons (Fsp3) is 0.167. The molecule has 0 radical (unpaired) electrons. The second-order valence-electron chi connectivity index (χ2n) is 5.12. The van der Waals surface area contributed by atoms with Crippen molar-refractivity contribution in [1.29, 1.82) is 5.26 Å². The molecule has 0 aliphatic heterocycles. The van der Waals surface area contributed by atoms with E-state index in [1.807, 2.05) is 54.6 Å². The molecule has 0 saturated carbocycles. The van der Waals surface area contributed by atoms with Crippen molar-refractivity contribution in [3.05, 3.63) is 66.0 Å². The Bertz CT molecular complexity index is 809. The van der Waals surface area contributed by atoms with Crippen LogP contribution in [0.3, 0.4) is 0 Å². The Morgan fingerprint density at radius 1 is 1.13 bits per heavy atom. The van der Waals surface area contributed by atoms with Crippen molar-refractivity contribution in [2.45, 2.75) is 12.8 Å². The van der Waals surface area contributed by atoms with Crippen molar-refractivity contribution < 1.29 is 0 Å². The lowest BCUT2D eigenvalue weighted by atomic mass is 10.1. The molecule has 0 bridgehead atoms. The van der Waals surface area contributed by atoms with Crippen LogP contribution in [0.5, 0.6) is 0 Å². The summed E-state index contributed by atoms with van der Waals surface area (Å²) in [4.78, 5) is 7.93. The van der Waals surface area contributed by atoms with Crippen molar-refractivity contribution in [1.82, 2.24) is 15.4 Å².